The lowest BCUT2D eigenvalue weighted by atomic mass is 9.98. The fourth-order valence-electron chi connectivity index (χ4n) is 4.22. The standard InChI is InChI=1S/C23H34N2O9S2/c1-10-4-6-13(7-5-10)35-22-17(25-12(3)29)20(32)21(15(9-27)34-22)36-23-16(24-11(2)28)19(31)18(30)14(8-26)33-23/h4-7,14-23,26-27,30-32H,8-9H2,1-3H3,(H,24,28)(H,25,29)/t14-,15-,16-,17-,18-,19-,20-,21-,22+,23+/m1/s1. The van der Waals surface area contributed by atoms with Crippen molar-refractivity contribution in [2.24, 2.45) is 0 Å². The number of carbonyl (C=O) groups excluding carboxylic acids is 2. The predicted molar refractivity (Wildman–Crippen MR) is 133 cm³/mol. The van der Waals surface area contributed by atoms with Gasteiger partial charge in [-0.3, -0.25) is 9.59 Å². The maximum atomic E-state index is 12.0. The van der Waals surface area contributed by atoms with Gasteiger partial charge in [0.2, 0.25) is 11.8 Å². The van der Waals surface area contributed by atoms with Gasteiger partial charge in [-0.1, -0.05) is 29.5 Å². The second kappa shape index (κ2) is 12.9. The Hall–Kier alpha value is -1.42. The molecule has 0 aromatic heterocycles. The summed E-state index contributed by atoms with van der Waals surface area (Å²) in [6.45, 7) is 3.48. The van der Waals surface area contributed by atoms with Gasteiger partial charge in [0.25, 0.3) is 0 Å². The number of aliphatic hydroxyl groups excluding tert-OH is 5. The van der Waals surface area contributed by atoms with Crippen molar-refractivity contribution in [3.63, 3.8) is 0 Å². The Morgan fingerprint density at radius 2 is 1.36 bits per heavy atom. The third-order valence-electron chi connectivity index (χ3n) is 6.04. The topological polar surface area (TPSA) is 178 Å². The molecule has 0 unspecified atom stereocenters. The number of thioether (sulfide) groups is 2. The number of aryl methyl sites for hydroxylation is 1. The Morgan fingerprint density at radius 1 is 0.833 bits per heavy atom. The van der Waals surface area contributed by atoms with E-state index in [2.05, 4.69) is 10.6 Å². The van der Waals surface area contributed by atoms with E-state index in [0.717, 1.165) is 22.2 Å². The van der Waals surface area contributed by atoms with Crippen LogP contribution in [-0.2, 0) is 19.1 Å². The summed E-state index contributed by atoms with van der Waals surface area (Å²) in [6.07, 6.45) is -6.15. The molecule has 13 heteroatoms. The van der Waals surface area contributed by atoms with E-state index in [9.17, 15) is 35.1 Å². The summed E-state index contributed by atoms with van der Waals surface area (Å²) in [4.78, 5) is 24.6. The molecule has 0 saturated carbocycles. The lowest BCUT2D eigenvalue weighted by Gasteiger charge is -2.48. The first-order valence-corrected chi connectivity index (χ1v) is 13.4. The minimum atomic E-state index is -1.46. The van der Waals surface area contributed by atoms with Crippen molar-refractivity contribution in [1.29, 1.82) is 0 Å². The maximum Gasteiger partial charge on any atom is 0.217 e. The molecule has 1 aromatic rings. The average molecular weight is 547 g/mol. The van der Waals surface area contributed by atoms with Crippen LogP contribution >= 0.6 is 23.5 Å². The van der Waals surface area contributed by atoms with Gasteiger partial charge in [-0.15, -0.1) is 11.8 Å². The van der Waals surface area contributed by atoms with Crippen LogP contribution in [0.5, 0.6) is 0 Å². The molecule has 0 aliphatic carbocycles. The molecule has 2 aliphatic rings. The molecule has 2 heterocycles. The van der Waals surface area contributed by atoms with Gasteiger partial charge in [-0.25, -0.2) is 0 Å². The van der Waals surface area contributed by atoms with Crippen LogP contribution in [0, 0.1) is 6.92 Å². The van der Waals surface area contributed by atoms with Crippen molar-refractivity contribution >= 4 is 35.3 Å². The van der Waals surface area contributed by atoms with Gasteiger partial charge in [0, 0.05) is 18.7 Å². The van der Waals surface area contributed by atoms with Gasteiger partial charge in [0.15, 0.2) is 0 Å². The summed E-state index contributed by atoms with van der Waals surface area (Å²) in [6, 6.07) is 5.71. The zero-order chi connectivity index (χ0) is 26.6. The predicted octanol–water partition coefficient (Wildman–Crippen LogP) is -1.28. The van der Waals surface area contributed by atoms with E-state index in [4.69, 9.17) is 9.47 Å². The van der Waals surface area contributed by atoms with Crippen LogP contribution in [0.4, 0.5) is 0 Å². The molecule has 7 N–H and O–H groups in total. The Kier molecular flexibility index (Phi) is 10.4. The first-order chi connectivity index (χ1) is 17.0. The highest BCUT2D eigenvalue weighted by Crippen LogP contribution is 2.41. The monoisotopic (exact) mass is 546 g/mol. The summed E-state index contributed by atoms with van der Waals surface area (Å²) in [5, 5.41) is 56.4. The van der Waals surface area contributed by atoms with E-state index in [1.807, 2.05) is 31.2 Å². The Balaban J connectivity index is 1.86. The number of hydrogen-bond donors (Lipinski definition) is 7. The molecule has 36 heavy (non-hydrogen) atoms. The Morgan fingerprint density at radius 3 is 1.89 bits per heavy atom. The molecule has 0 radical (unpaired) electrons. The summed E-state index contributed by atoms with van der Waals surface area (Å²) < 4.78 is 11.9. The lowest BCUT2D eigenvalue weighted by Crippen LogP contribution is -2.66. The van der Waals surface area contributed by atoms with Crippen LogP contribution in [0.1, 0.15) is 19.4 Å². The van der Waals surface area contributed by atoms with Gasteiger partial charge in [0.05, 0.1) is 42.8 Å². The molecule has 202 valence electrons. The van der Waals surface area contributed by atoms with E-state index < -0.39 is 77.8 Å². The summed E-state index contributed by atoms with van der Waals surface area (Å²) in [5.74, 6) is -0.861. The lowest BCUT2D eigenvalue weighted by molar-refractivity contribution is -0.174. The quantitative estimate of drug-likeness (QED) is 0.206. The summed E-state index contributed by atoms with van der Waals surface area (Å²) in [7, 11) is 0. The number of rotatable bonds is 8. The third kappa shape index (κ3) is 6.91. The minimum absolute atomic E-state index is 0.382. The highest BCUT2D eigenvalue weighted by molar-refractivity contribution is 8.00. The average Bonchev–Trinajstić information content (AvgIpc) is 2.83. The summed E-state index contributed by atoms with van der Waals surface area (Å²) in [5.41, 5.74) is -0.667. The third-order valence-corrected chi connectivity index (χ3v) is 8.79. The number of amides is 2. The van der Waals surface area contributed by atoms with Gasteiger partial charge in [-0.2, -0.15) is 0 Å². The number of benzene rings is 1. The second-order valence-electron chi connectivity index (χ2n) is 8.91. The van der Waals surface area contributed by atoms with Crippen LogP contribution in [0.15, 0.2) is 29.2 Å². The van der Waals surface area contributed by atoms with Gasteiger partial charge < -0.3 is 45.6 Å². The highest BCUT2D eigenvalue weighted by atomic mass is 32.2. The smallest absolute Gasteiger partial charge is 0.217 e. The number of ether oxygens (including phenoxy) is 2. The van der Waals surface area contributed by atoms with Crippen LogP contribution in [0.3, 0.4) is 0 Å². The molecule has 0 bridgehead atoms. The molecule has 3 rings (SSSR count). The van der Waals surface area contributed by atoms with Gasteiger partial charge >= 0.3 is 0 Å². The van der Waals surface area contributed by atoms with Crippen LogP contribution < -0.4 is 10.6 Å². The van der Waals surface area contributed by atoms with Crippen LogP contribution in [0.25, 0.3) is 0 Å². The largest absolute Gasteiger partial charge is 0.394 e. The molecule has 2 fully saturated rings. The zero-order valence-electron chi connectivity index (χ0n) is 20.2. The van der Waals surface area contributed by atoms with E-state index >= 15 is 0 Å². The second-order valence-corrected chi connectivity index (χ2v) is 11.4. The summed E-state index contributed by atoms with van der Waals surface area (Å²) >= 11 is 2.28. The molecule has 11 nitrogen and oxygen atoms in total. The normalized spacial score (nSPS) is 36.8. The molecule has 0 spiro atoms. The fraction of sp³-hybridized carbons (Fsp3) is 0.652. The van der Waals surface area contributed by atoms with Crippen LogP contribution in [-0.4, -0.2) is 109 Å². The first-order valence-electron chi connectivity index (χ1n) is 11.6. The maximum absolute atomic E-state index is 12.0. The Labute approximate surface area is 217 Å². The molecule has 2 amide bonds. The van der Waals surface area contributed by atoms with E-state index in [0.29, 0.717) is 0 Å². The van der Waals surface area contributed by atoms with Crippen molar-refractivity contribution in [3.8, 4) is 0 Å². The van der Waals surface area contributed by atoms with Crippen molar-refractivity contribution in [3.05, 3.63) is 29.8 Å². The van der Waals surface area contributed by atoms with Crippen molar-refractivity contribution < 1.29 is 44.6 Å². The molecule has 2 aliphatic heterocycles. The van der Waals surface area contributed by atoms with E-state index in [-0.39, 0.29) is 5.91 Å². The molecule has 2 saturated heterocycles. The number of hydrogen-bond acceptors (Lipinski definition) is 11. The van der Waals surface area contributed by atoms with E-state index in [1.54, 1.807) is 0 Å². The van der Waals surface area contributed by atoms with Crippen molar-refractivity contribution in [1.82, 2.24) is 10.6 Å². The molecule has 10 atom stereocenters. The number of carbonyl (C=O) groups is 2. The van der Waals surface area contributed by atoms with Gasteiger partial charge in [-0.05, 0) is 19.1 Å². The van der Waals surface area contributed by atoms with Crippen molar-refractivity contribution in [2.75, 3.05) is 13.2 Å². The highest BCUT2D eigenvalue weighted by Gasteiger charge is 2.51. The molecular formula is C23H34N2O9S2. The number of nitrogens with one attached hydrogen (secondary N) is 2. The minimum Gasteiger partial charge on any atom is -0.394 e. The van der Waals surface area contributed by atoms with Crippen molar-refractivity contribution in [2.45, 2.75) is 84.4 Å². The Bertz CT molecular complexity index is 893. The molecule has 1 aromatic carbocycles. The van der Waals surface area contributed by atoms with Crippen LogP contribution in [0.2, 0.25) is 0 Å². The van der Waals surface area contributed by atoms with Gasteiger partial charge in [0.1, 0.15) is 29.2 Å². The SMILES string of the molecule is CC(=O)N[C@@H]1[C@@H](O)[C@H](S[C@@H]2O[C@H](CO)[C@@H](O)[C@H](O)[C@H]2NC(C)=O)[C@@H](CO)O[C@H]1Sc1ccc(C)cc1. The molecular weight excluding hydrogens is 512 g/mol. The van der Waals surface area contributed by atoms with E-state index in [1.165, 1.54) is 25.6 Å². The fourth-order valence-corrected chi connectivity index (χ4v) is 6.92. The zero-order valence-corrected chi connectivity index (χ0v) is 21.8. The number of aliphatic hydroxyl groups is 5. The first kappa shape index (κ1) is 29.1.